The van der Waals surface area contributed by atoms with E-state index < -0.39 is 0 Å². The molecule has 16 heavy (non-hydrogen) atoms. The molecule has 1 aliphatic carbocycles. The summed E-state index contributed by atoms with van der Waals surface area (Å²) < 4.78 is 0. The lowest BCUT2D eigenvalue weighted by molar-refractivity contribution is 0.0748. The van der Waals surface area contributed by atoms with Gasteiger partial charge in [0.15, 0.2) is 0 Å². The minimum atomic E-state index is 0.797. The van der Waals surface area contributed by atoms with Crippen molar-refractivity contribution in [2.75, 3.05) is 20.1 Å². The molecule has 1 N–H and O–H groups in total. The molecule has 0 spiro atoms. The first-order valence-corrected chi connectivity index (χ1v) is 7.25. The van der Waals surface area contributed by atoms with E-state index in [-0.39, 0.29) is 0 Å². The van der Waals surface area contributed by atoms with Gasteiger partial charge in [-0.15, -0.1) is 0 Å². The lowest BCUT2D eigenvalue weighted by atomic mass is 9.81. The average Bonchev–Trinajstić information content (AvgIpc) is 2.39. The topological polar surface area (TPSA) is 15.3 Å². The maximum atomic E-state index is 3.55. The van der Waals surface area contributed by atoms with E-state index in [1.807, 2.05) is 0 Å². The van der Waals surface area contributed by atoms with Gasteiger partial charge < -0.3 is 5.32 Å². The van der Waals surface area contributed by atoms with Crippen LogP contribution in [0, 0.1) is 5.92 Å². The highest BCUT2D eigenvalue weighted by Crippen LogP contribution is 2.31. The number of nitrogens with zero attached hydrogens (tertiary/aromatic N) is 1. The van der Waals surface area contributed by atoms with Gasteiger partial charge in [0.2, 0.25) is 0 Å². The number of piperidine rings is 1. The van der Waals surface area contributed by atoms with Crippen LogP contribution in [-0.4, -0.2) is 37.1 Å². The minimum absolute atomic E-state index is 0.797. The fourth-order valence-electron chi connectivity index (χ4n) is 3.65. The van der Waals surface area contributed by atoms with E-state index in [0.29, 0.717) is 0 Å². The van der Waals surface area contributed by atoms with E-state index in [2.05, 4.69) is 24.2 Å². The summed E-state index contributed by atoms with van der Waals surface area (Å²) in [5, 5.41) is 3.55. The molecule has 0 aromatic rings. The van der Waals surface area contributed by atoms with E-state index in [1.54, 1.807) is 0 Å². The fourth-order valence-corrected chi connectivity index (χ4v) is 3.65. The van der Waals surface area contributed by atoms with Crippen LogP contribution in [0.5, 0.6) is 0 Å². The van der Waals surface area contributed by atoms with Gasteiger partial charge in [0.25, 0.3) is 0 Å². The Morgan fingerprint density at radius 1 is 1.12 bits per heavy atom. The summed E-state index contributed by atoms with van der Waals surface area (Å²) >= 11 is 0. The largest absolute Gasteiger partial charge is 0.315 e. The quantitative estimate of drug-likeness (QED) is 0.793. The lowest BCUT2D eigenvalue weighted by Gasteiger charge is -2.43. The summed E-state index contributed by atoms with van der Waals surface area (Å²) in [6, 6.07) is 1.66. The summed E-state index contributed by atoms with van der Waals surface area (Å²) in [6.07, 6.45) is 9.94. The van der Waals surface area contributed by atoms with E-state index in [1.165, 1.54) is 58.0 Å². The Hall–Kier alpha value is -0.0800. The predicted octanol–water partition coefficient (Wildman–Crippen LogP) is 2.64. The summed E-state index contributed by atoms with van der Waals surface area (Å²) in [6.45, 7) is 4.81. The van der Waals surface area contributed by atoms with Crippen LogP contribution in [0.2, 0.25) is 0 Å². The Bertz CT molecular complexity index is 199. The second-order valence-electron chi connectivity index (χ2n) is 5.69. The van der Waals surface area contributed by atoms with E-state index in [9.17, 15) is 0 Å². The van der Waals surface area contributed by atoms with Crippen molar-refractivity contribution in [1.29, 1.82) is 0 Å². The Morgan fingerprint density at radius 3 is 2.62 bits per heavy atom. The third-order valence-electron chi connectivity index (χ3n) is 4.76. The van der Waals surface area contributed by atoms with Gasteiger partial charge in [0.1, 0.15) is 0 Å². The number of likely N-dealkylation sites (N-methyl/N-ethyl adjacent to an activating group) is 1. The van der Waals surface area contributed by atoms with Crippen molar-refractivity contribution in [2.24, 2.45) is 5.92 Å². The molecular formula is C14H28N2. The molecule has 2 aliphatic rings. The summed E-state index contributed by atoms with van der Waals surface area (Å²) in [4.78, 5) is 2.71. The smallest absolute Gasteiger partial charge is 0.0221 e. The van der Waals surface area contributed by atoms with Gasteiger partial charge in [-0.1, -0.05) is 26.2 Å². The summed E-state index contributed by atoms with van der Waals surface area (Å²) in [7, 11) is 2.37. The molecule has 1 saturated heterocycles. The van der Waals surface area contributed by atoms with Crippen LogP contribution in [0.3, 0.4) is 0 Å². The maximum absolute atomic E-state index is 3.55. The number of rotatable bonds is 3. The molecule has 94 valence electrons. The Kier molecular flexibility index (Phi) is 4.66. The third kappa shape index (κ3) is 2.78. The third-order valence-corrected chi connectivity index (χ3v) is 4.76. The predicted molar refractivity (Wildman–Crippen MR) is 69.7 cm³/mol. The molecule has 2 rings (SSSR count). The average molecular weight is 224 g/mol. The van der Waals surface area contributed by atoms with Crippen molar-refractivity contribution in [3.63, 3.8) is 0 Å². The number of hydrogen-bond acceptors (Lipinski definition) is 2. The van der Waals surface area contributed by atoms with Crippen LogP contribution >= 0.6 is 0 Å². The minimum Gasteiger partial charge on any atom is -0.315 e. The van der Waals surface area contributed by atoms with Crippen molar-refractivity contribution in [1.82, 2.24) is 10.2 Å². The van der Waals surface area contributed by atoms with Gasteiger partial charge in [0.05, 0.1) is 0 Å². The SMILES string of the molecule is CCC1CCCCC1N(C)C1CCCNC1. The molecule has 0 radical (unpaired) electrons. The zero-order chi connectivity index (χ0) is 11.4. The van der Waals surface area contributed by atoms with Gasteiger partial charge in [-0.3, -0.25) is 4.90 Å². The number of nitrogens with one attached hydrogen (secondary N) is 1. The molecule has 0 bridgehead atoms. The van der Waals surface area contributed by atoms with Crippen molar-refractivity contribution in [3.05, 3.63) is 0 Å². The van der Waals surface area contributed by atoms with Crippen molar-refractivity contribution >= 4 is 0 Å². The van der Waals surface area contributed by atoms with Gasteiger partial charge >= 0.3 is 0 Å². The monoisotopic (exact) mass is 224 g/mol. The summed E-state index contributed by atoms with van der Waals surface area (Å²) in [5.41, 5.74) is 0. The first-order valence-electron chi connectivity index (χ1n) is 7.25. The van der Waals surface area contributed by atoms with Crippen molar-refractivity contribution < 1.29 is 0 Å². The molecule has 3 unspecified atom stereocenters. The number of hydrogen-bond donors (Lipinski definition) is 1. The fraction of sp³-hybridized carbons (Fsp3) is 1.00. The molecule has 1 aliphatic heterocycles. The Morgan fingerprint density at radius 2 is 1.94 bits per heavy atom. The Labute approximate surface area is 101 Å². The van der Waals surface area contributed by atoms with Crippen LogP contribution in [-0.2, 0) is 0 Å². The van der Waals surface area contributed by atoms with Gasteiger partial charge in [-0.05, 0) is 45.2 Å². The molecule has 0 aromatic heterocycles. The van der Waals surface area contributed by atoms with Gasteiger partial charge in [-0.2, -0.15) is 0 Å². The standard InChI is InChI=1S/C14H28N2/c1-3-12-7-4-5-9-14(12)16(2)13-8-6-10-15-11-13/h12-15H,3-11H2,1-2H3. The van der Waals surface area contributed by atoms with E-state index in [0.717, 1.165) is 18.0 Å². The highest BCUT2D eigenvalue weighted by Gasteiger charge is 2.31. The lowest BCUT2D eigenvalue weighted by Crippen LogP contribution is -2.51. The second-order valence-corrected chi connectivity index (χ2v) is 5.69. The highest BCUT2D eigenvalue weighted by molar-refractivity contribution is 4.87. The van der Waals surface area contributed by atoms with E-state index >= 15 is 0 Å². The second kappa shape index (κ2) is 6.02. The van der Waals surface area contributed by atoms with Crippen LogP contribution in [0.1, 0.15) is 51.9 Å². The van der Waals surface area contributed by atoms with Crippen molar-refractivity contribution in [2.45, 2.75) is 64.0 Å². The first kappa shape index (κ1) is 12.4. The zero-order valence-electron chi connectivity index (χ0n) is 11.0. The van der Waals surface area contributed by atoms with Crippen LogP contribution in [0.25, 0.3) is 0 Å². The van der Waals surface area contributed by atoms with Crippen LogP contribution < -0.4 is 5.32 Å². The first-order chi connectivity index (χ1) is 7.83. The highest BCUT2D eigenvalue weighted by atomic mass is 15.2. The molecule has 2 fully saturated rings. The van der Waals surface area contributed by atoms with E-state index in [4.69, 9.17) is 0 Å². The van der Waals surface area contributed by atoms with Crippen molar-refractivity contribution in [3.8, 4) is 0 Å². The molecule has 2 heteroatoms. The molecule has 0 aromatic carbocycles. The normalized spacial score (nSPS) is 36.6. The molecule has 0 amide bonds. The molecule has 1 heterocycles. The maximum Gasteiger partial charge on any atom is 0.0221 e. The molecular weight excluding hydrogens is 196 g/mol. The molecule has 2 nitrogen and oxygen atoms in total. The molecule has 3 atom stereocenters. The molecule has 1 saturated carbocycles. The Balaban J connectivity index is 1.92. The van der Waals surface area contributed by atoms with Gasteiger partial charge in [0, 0.05) is 18.6 Å². The summed E-state index contributed by atoms with van der Waals surface area (Å²) in [5.74, 6) is 0.959. The van der Waals surface area contributed by atoms with Crippen LogP contribution in [0.4, 0.5) is 0 Å². The zero-order valence-corrected chi connectivity index (χ0v) is 11.0. The van der Waals surface area contributed by atoms with Gasteiger partial charge in [-0.25, -0.2) is 0 Å². The van der Waals surface area contributed by atoms with Crippen LogP contribution in [0.15, 0.2) is 0 Å².